The van der Waals surface area contributed by atoms with E-state index in [4.69, 9.17) is 18.9 Å². The third kappa shape index (κ3) is 23.1. The third-order valence-corrected chi connectivity index (χ3v) is 12.6. The number of amides is 1. The summed E-state index contributed by atoms with van der Waals surface area (Å²) in [5, 5.41) is 86.6. The summed E-state index contributed by atoms with van der Waals surface area (Å²) in [6, 6.07) is -0.819. The minimum absolute atomic E-state index is 0.212. The molecule has 362 valence electrons. The lowest BCUT2D eigenvalue weighted by molar-refractivity contribution is -0.359. The Balaban J connectivity index is 1.77. The lowest BCUT2D eigenvalue weighted by Gasteiger charge is -2.46. The van der Waals surface area contributed by atoms with E-state index in [2.05, 4.69) is 19.2 Å². The standard InChI is InChI=1S/C47H91NO13/c1-3-5-7-9-11-12-13-14-15-16-17-18-19-20-21-22-23-25-26-28-30-36(51)35(48-39(52)31-29-27-24-10-8-6-4-2)34-58-46-44(57)42(55)45(38(33-50)60-46)61-47-43(56)41(54)40(53)37(32-49)59-47/h35-38,40-47,49-51,53-57H,3-34H2,1-2H3,(H,48,52). The summed E-state index contributed by atoms with van der Waals surface area (Å²) in [5.74, 6) is -0.212. The normalized spacial score (nSPS) is 27.9. The van der Waals surface area contributed by atoms with Gasteiger partial charge in [0, 0.05) is 6.42 Å². The summed E-state index contributed by atoms with van der Waals surface area (Å²) in [4.78, 5) is 13.0. The number of rotatable bonds is 38. The number of hydrogen-bond acceptors (Lipinski definition) is 13. The minimum Gasteiger partial charge on any atom is -0.394 e. The topological polar surface area (TPSA) is 228 Å². The summed E-state index contributed by atoms with van der Waals surface area (Å²) in [6.07, 6.45) is 17.1. The molecule has 12 unspecified atom stereocenters. The van der Waals surface area contributed by atoms with Crippen LogP contribution in [0.1, 0.15) is 200 Å². The van der Waals surface area contributed by atoms with Crippen molar-refractivity contribution in [1.29, 1.82) is 0 Å². The average Bonchev–Trinajstić information content (AvgIpc) is 3.26. The van der Waals surface area contributed by atoms with Gasteiger partial charge in [-0.3, -0.25) is 4.79 Å². The average molecular weight is 878 g/mol. The fourth-order valence-electron chi connectivity index (χ4n) is 8.47. The van der Waals surface area contributed by atoms with Gasteiger partial charge in [-0.1, -0.05) is 181 Å². The van der Waals surface area contributed by atoms with Crippen LogP contribution in [0.2, 0.25) is 0 Å². The van der Waals surface area contributed by atoms with Gasteiger partial charge in [-0.15, -0.1) is 0 Å². The van der Waals surface area contributed by atoms with E-state index in [9.17, 15) is 45.6 Å². The highest BCUT2D eigenvalue weighted by atomic mass is 16.7. The second-order valence-corrected chi connectivity index (χ2v) is 18.0. The number of unbranched alkanes of at least 4 members (excludes halogenated alkanes) is 25. The van der Waals surface area contributed by atoms with Gasteiger partial charge in [0.05, 0.1) is 32.0 Å². The molecule has 61 heavy (non-hydrogen) atoms. The van der Waals surface area contributed by atoms with Crippen LogP contribution in [0.4, 0.5) is 0 Å². The van der Waals surface area contributed by atoms with Crippen LogP contribution < -0.4 is 5.32 Å². The number of hydrogen-bond donors (Lipinski definition) is 9. The van der Waals surface area contributed by atoms with E-state index in [0.717, 1.165) is 51.4 Å². The molecule has 2 rings (SSSR count). The van der Waals surface area contributed by atoms with Gasteiger partial charge in [0.15, 0.2) is 12.6 Å². The van der Waals surface area contributed by atoms with E-state index >= 15 is 0 Å². The SMILES string of the molecule is CCCCCCCCCCCCCCCCCCCCCCC(O)C(COC1OC(CO)C(OC2OC(CO)C(O)C(O)C2O)C(O)C1O)NC(=O)CCCCCCCCC. The van der Waals surface area contributed by atoms with E-state index in [1.807, 2.05) is 0 Å². The second-order valence-electron chi connectivity index (χ2n) is 18.0. The van der Waals surface area contributed by atoms with Crippen LogP contribution >= 0.6 is 0 Å². The number of nitrogens with one attached hydrogen (secondary N) is 1. The van der Waals surface area contributed by atoms with Crippen LogP contribution in [0, 0.1) is 0 Å². The number of carbonyl (C=O) groups excluding carboxylic acids is 1. The molecule has 0 aromatic rings. The van der Waals surface area contributed by atoms with Crippen LogP contribution in [0.3, 0.4) is 0 Å². The number of ether oxygens (including phenoxy) is 4. The predicted molar refractivity (Wildman–Crippen MR) is 236 cm³/mol. The number of aliphatic hydroxyl groups is 8. The number of carbonyl (C=O) groups is 1. The van der Waals surface area contributed by atoms with Crippen molar-refractivity contribution in [1.82, 2.24) is 5.32 Å². The summed E-state index contributed by atoms with van der Waals surface area (Å²) in [7, 11) is 0. The van der Waals surface area contributed by atoms with Crippen molar-refractivity contribution in [2.75, 3.05) is 19.8 Å². The first-order valence-electron chi connectivity index (χ1n) is 24.8. The van der Waals surface area contributed by atoms with Gasteiger partial charge >= 0.3 is 0 Å². The molecular weight excluding hydrogens is 787 g/mol. The quantitative estimate of drug-likeness (QED) is 0.0334. The van der Waals surface area contributed by atoms with Crippen LogP contribution in [0.25, 0.3) is 0 Å². The van der Waals surface area contributed by atoms with E-state index in [0.29, 0.717) is 12.8 Å². The maximum absolute atomic E-state index is 13.0. The molecule has 0 aliphatic carbocycles. The fourth-order valence-corrected chi connectivity index (χ4v) is 8.47. The van der Waals surface area contributed by atoms with E-state index < -0.39 is 86.8 Å². The van der Waals surface area contributed by atoms with Gasteiger partial charge < -0.3 is 65.1 Å². The third-order valence-electron chi connectivity index (χ3n) is 12.6. The molecule has 2 heterocycles. The molecule has 0 saturated carbocycles. The highest BCUT2D eigenvalue weighted by Crippen LogP contribution is 2.30. The molecule has 0 bridgehead atoms. The molecule has 0 spiro atoms. The van der Waals surface area contributed by atoms with Crippen molar-refractivity contribution in [3.05, 3.63) is 0 Å². The van der Waals surface area contributed by atoms with Gasteiger partial charge in [0.2, 0.25) is 5.91 Å². The molecule has 0 aromatic carbocycles. The van der Waals surface area contributed by atoms with Crippen molar-refractivity contribution < 1.29 is 64.6 Å². The Kier molecular flexibility index (Phi) is 32.5. The van der Waals surface area contributed by atoms with E-state index in [1.165, 1.54) is 122 Å². The smallest absolute Gasteiger partial charge is 0.220 e. The van der Waals surface area contributed by atoms with Crippen molar-refractivity contribution in [3.63, 3.8) is 0 Å². The van der Waals surface area contributed by atoms with Crippen LogP contribution in [0.15, 0.2) is 0 Å². The predicted octanol–water partition coefficient (Wildman–Crippen LogP) is 5.83. The lowest BCUT2D eigenvalue weighted by Crippen LogP contribution is -2.65. The summed E-state index contributed by atoms with van der Waals surface area (Å²) in [6.45, 7) is 2.80. The van der Waals surface area contributed by atoms with Crippen molar-refractivity contribution in [2.24, 2.45) is 0 Å². The minimum atomic E-state index is -1.78. The Morgan fingerprint density at radius 2 is 0.934 bits per heavy atom. The maximum atomic E-state index is 13.0. The van der Waals surface area contributed by atoms with Crippen molar-refractivity contribution in [3.8, 4) is 0 Å². The molecule has 14 heteroatoms. The van der Waals surface area contributed by atoms with Crippen LogP contribution in [0.5, 0.6) is 0 Å². The zero-order chi connectivity index (χ0) is 44.7. The molecule has 2 fully saturated rings. The monoisotopic (exact) mass is 878 g/mol. The molecule has 12 atom stereocenters. The molecule has 0 radical (unpaired) electrons. The van der Waals surface area contributed by atoms with Crippen molar-refractivity contribution in [2.45, 2.75) is 274 Å². The Hall–Kier alpha value is -1.01. The van der Waals surface area contributed by atoms with Crippen molar-refractivity contribution >= 4 is 5.91 Å². The number of aliphatic hydroxyl groups excluding tert-OH is 8. The first kappa shape index (κ1) is 56.1. The highest BCUT2D eigenvalue weighted by molar-refractivity contribution is 5.76. The Labute approximate surface area is 368 Å². The Morgan fingerprint density at radius 3 is 1.39 bits per heavy atom. The van der Waals surface area contributed by atoms with Gasteiger partial charge in [0.1, 0.15) is 48.8 Å². The molecule has 1 amide bonds. The molecular formula is C47H91NO13. The molecule has 2 aliphatic heterocycles. The second kappa shape index (κ2) is 35.3. The zero-order valence-electron chi connectivity index (χ0n) is 38.2. The molecule has 14 nitrogen and oxygen atoms in total. The zero-order valence-corrected chi connectivity index (χ0v) is 38.2. The van der Waals surface area contributed by atoms with E-state index in [1.54, 1.807) is 0 Å². The van der Waals surface area contributed by atoms with Gasteiger partial charge in [-0.05, 0) is 12.8 Å². The maximum Gasteiger partial charge on any atom is 0.220 e. The van der Waals surface area contributed by atoms with E-state index in [-0.39, 0.29) is 12.5 Å². The molecule has 2 aliphatic rings. The van der Waals surface area contributed by atoms with Crippen LogP contribution in [-0.4, -0.2) is 140 Å². The largest absolute Gasteiger partial charge is 0.394 e. The highest BCUT2D eigenvalue weighted by Gasteiger charge is 2.51. The first-order valence-corrected chi connectivity index (χ1v) is 24.8. The summed E-state index contributed by atoms with van der Waals surface area (Å²) >= 11 is 0. The summed E-state index contributed by atoms with van der Waals surface area (Å²) in [5.41, 5.74) is 0. The molecule has 9 N–H and O–H groups in total. The fraction of sp³-hybridized carbons (Fsp3) is 0.979. The molecule has 0 aromatic heterocycles. The van der Waals surface area contributed by atoms with Gasteiger partial charge in [0.25, 0.3) is 0 Å². The Bertz CT molecular complexity index is 1040. The first-order chi connectivity index (χ1) is 29.6. The van der Waals surface area contributed by atoms with Gasteiger partial charge in [-0.2, -0.15) is 0 Å². The summed E-state index contributed by atoms with van der Waals surface area (Å²) < 4.78 is 22.7. The van der Waals surface area contributed by atoms with Crippen LogP contribution in [-0.2, 0) is 23.7 Å². The van der Waals surface area contributed by atoms with Gasteiger partial charge in [-0.25, -0.2) is 0 Å². The lowest BCUT2D eigenvalue weighted by atomic mass is 9.97. The Morgan fingerprint density at radius 1 is 0.525 bits per heavy atom. The molecule has 2 saturated heterocycles.